The number of carbonyl (C=O) groups excluding carboxylic acids is 1. The molecule has 3 aromatic rings. The van der Waals surface area contributed by atoms with Crippen molar-refractivity contribution >= 4 is 17.5 Å². The number of hydrogen-bond acceptors (Lipinski definition) is 3. The van der Waals surface area contributed by atoms with Crippen LogP contribution in [0.4, 0.5) is 4.39 Å². The number of carbonyl (C=O) groups is 1. The van der Waals surface area contributed by atoms with E-state index in [2.05, 4.69) is 4.98 Å². The van der Waals surface area contributed by atoms with Gasteiger partial charge in [0.2, 0.25) is 0 Å². The summed E-state index contributed by atoms with van der Waals surface area (Å²) in [6.07, 6.45) is 1.66. The fraction of sp³-hybridized carbons (Fsp3) is 0.143. The minimum atomic E-state index is -0.547. The van der Waals surface area contributed by atoms with Crippen LogP contribution in [-0.4, -0.2) is 27.9 Å². The Morgan fingerprint density at radius 2 is 1.96 bits per heavy atom. The third kappa shape index (κ3) is 4.09. The highest BCUT2D eigenvalue weighted by molar-refractivity contribution is 6.31. The predicted octanol–water partition coefficient (Wildman–Crippen LogP) is 4.83. The first-order chi connectivity index (χ1) is 12.9. The van der Waals surface area contributed by atoms with E-state index < -0.39 is 5.82 Å². The number of benzene rings is 2. The first kappa shape index (κ1) is 18.9. The number of nitrogens with zero attached hydrogens (tertiary/aromatic N) is 2. The summed E-state index contributed by atoms with van der Waals surface area (Å²) in [6.45, 7) is 2.07. The number of rotatable bonds is 4. The smallest absolute Gasteiger partial charge is 0.253 e. The lowest BCUT2D eigenvalue weighted by molar-refractivity contribution is 0.0783. The Kier molecular flexibility index (Phi) is 5.42. The molecule has 1 amide bonds. The lowest BCUT2D eigenvalue weighted by atomic mass is 9.99. The highest BCUT2D eigenvalue weighted by atomic mass is 35.5. The molecule has 0 bridgehead atoms. The molecule has 0 atom stereocenters. The minimum absolute atomic E-state index is 0.0951. The van der Waals surface area contributed by atoms with Crippen molar-refractivity contribution in [1.29, 1.82) is 0 Å². The van der Waals surface area contributed by atoms with Gasteiger partial charge >= 0.3 is 0 Å². The van der Waals surface area contributed by atoms with Crippen molar-refractivity contribution in [2.75, 3.05) is 7.05 Å². The van der Waals surface area contributed by atoms with E-state index in [0.717, 1.165) is 5.69 Å². The molecule has 6 heteroatoms. The maximum Gasteiger partial charge on any atom is 0.253 e. The lowest BCUT2D eigenvalue weighted by Gasteiger charge is -2.18. The van der Waals surface area contributed by atoms with E-state index in [1.54, 1.807) is 26.2 Å². The van der Waals surface area contributed by atoms with E-state index in [1.165, 1.54) is 35.2 Å². The number of hydrogen-bond donors (Lipinski definition) is 1. The number of phenolic OH excluding ortho intramolecular Hbond substituents is 1. The van der Waals surface area contributed by atoms with Crippen LogP contribution in [0.5, 0.6) is 5.75 Å². The van der Waals surface area contributed by atoms with Crippen molar-refractivity contribution in [3.8, 4) is 16.9 Å². The molecule has 4 nitrogen and oxygen atoms in total. The number of aromatic nitrogens is 1. The van der Waals surface area contributed by atoms with Gasteiger partial charge in [-0.25, -0.2) is 4.39 Å². The molecule has 0 radical (unpaired) electrons. The maximum absolute atomic E-state index is 14.4. The average molecular weight is 385 g/mol. The first-order valence-corrected chi connectivity index (χ1v) is 8.69. The molecule has 3 rings (SSSR count). The van der Waals surface area contributed by atoms with Gasteiger partial charge < -0.3 is 10.0 Å². The zero-order chi connectivity index (χ0) is 19.6. The van der Waals surface area contributed by atoms with Gasteiger partial charge in [-0.2, -0.15) is 0 Å². The molecule has 0 aliphatic heterocycles. The third-order valence-electron chi connectivity index (χ3n) is 4.25. The summed E-state index contributed by atoms with van der Waals surface area (Å²) in [5.74, 6) is -0.920. The summed E-state index contributed by atoms with van der Waals surface area (Å²) in [4.78, 5) is 18.4. The van der Waals surface area contributed by atoms with Crippen molar-refractivity contribution in [1.82, 2.24) is 9.88 Å². The van der Waals surface area contributed by atoms with E-state index in [4.69, 9.17) is 11.6 Å². The number of aryl methyl sites for hydroxylation is 1. The second-order valence-corrected chi connectivity index (χ2v) is 6.70. The number of halogens is 2. The molecule has 1 heterocycles. The Balaban J connectivity index is 1.93. The summed E-state index contributed by atoms with van der Waals surface area (Å²) in [7, 11) is 1.65. The molecule has 0 saturated heterocycles. The van der Waals surface area contributed by atoms with E-state index in [1.807, 2.05) is 12.1 Å². The highest BCUT2D eigenvalue weighted by Gasteiger charge is 2.18. The van der Waals surface area contributed by atoms with Crippen molar-refractivity contribution in [3.63, 3.8) is 0 Å². The van der Waals surface area contributed by atoms with Crippen LogP contribution in [0.1, 0.15) is 21.6 Å². The normalized spacial score (nSPS) is 10.7. The lowest BCUT2D eigenvalue weighted by Crippen LogP contribution is -2.26. The van der Waals surface area contributed by atoms with Crippen LogP contribution in [-0.2, 0) is 6.54 Å². The predicted molar refractivity (Wildman–Crippen MR) is 103 cm³/mol. The Bertz CT molecular complexity index is 993. The SMILES string of the molecule is Cc1cc(O)c(-c2cc(C(=O)N(C)Cc3ccccn3)ccc2F)cc1Cl. The van der Waals surface area contributed by atoms with Crippen LogP contribution in [0.25, 0.3) is 11.1 Å². The molecule has 1 N–H and O–H groups in total. The fourth-order valence-electron chi connectivity index (χ4n) is 2.77. The summed E-state index contributed by atoms with van der Waals surface area (Å²) < 4.78 is 14.4. The Labute approximate surface area is 161 Å². The van der Waals surface area contributed by atoms with Gasteiger partial charge in [0.1, 0.15) is 11.6 Å². The average Bonchev–Trinajstić information content (AvgIpc) is 2.65. The highest BCUT2D eigenvalue weighted by Crippen LogP contribution is 2.35. The first-order valence-electron chi connectivity index (χ1n) is 8.31. The molecule has 0 saturated carbocycles. The van der Waals surface area contributed by atoms with Gasteiger partial charge in [-0.3, -0.25) is 9.78 Å². The van der Waals surface area contributed by atoms with E-state index in [-0.39, 0.29) is 22.8 Å². The number of phenols is 1. The molecule has 0 fully saturated rings. The molecular formula is C21H18ClFN2O2. The van der Waals surface area contributed by atoms with Gasteiger partial charge in [0.25, 0.3) is 5.91 Å². The molecule has 27 heavy (non-hydrogen) atoms. The Morgan fingerprint density at radius 3 is 2.67 bits per heavy atom. The quantitative estimate of drug-likeness (QED) is 0.701. The van der Waals surface area contributed by atoms with Crippen molar-refractivity contribution in [2.24, 2.45) is 0 Å². The van der Waals surface area contributed by atoms with Gasteiger partial charge in [0, 0.05) is 35.0 Å². The van der Waals surface area contributed by atoms with E-state index >= 15 is 0 Å². The van der Waals surface area contributed by atoms with Crippen LogP contribution >= 0.6 is 11.6 Å². The van der Waals surface area contributed by atoms with Gasteiger partial charge in [0.05, 0.1) is 12.2 Å². The van der Waals surface area contributed by atoms with E-state index in [9.17, 15) is 14.3 Å². The summed E-state index contributed by atoms with van der Waals surface area (Å²) in [5, 5.41) is 10.6. The van der Waals surface area contributed by atoms with Gasteiger partial charge in [0.15, 0.2) is 0 Å². The summed E-state index contributed by atoms with van der Waals surface area (Å²) >= 11 is 6.12. The number of pyridine rings is 1. The van der Waals surface area contributed by atoms with Crippen LogP contribution < -0.4 is 0 Å². The Hall–Kier alpha value is -2.92. The minimum Gasteiger partial charge on any atom is -0.507 e. The van der Waals surface area contributed by atoms with Gasteiger partial charge in [-0.05, 0) is 55.0 Å². The van der Waals surface area contributed by atoms with E-state index in [0.29, 0.717) is 22.7 Å². The molecule has 1 aromatic heterocycles. The van der Waals surface area contributed by atoms with Crippen LogP contribution in [0.15, 0.2) is 54.7 Å². The van der Waals surface area contributed by atoms with Crippen molar-refractivity contribution in [3.05, 3.63) is 82.4 Å². The molecule has 0 spiro atoms. The monoisotopic (exact) mass is 384 g/mol. The molecule has 0 aliphatic rings. The standard InChI is InChI=1S/C21H18ClFN2O2/c1-13-9-20(26)17(11-18(13)22)16-10-14(6-7-19(16)23)21(27)25(2)12-15-5-3-4-8-24-15/h3-11,26H,12H2,1-2H3. The molecule has 2 aromatic carbocycles. The van der Waals surface area contributed by atoms with Gasteiger partial charge in [-0.1, -0.05) is 17.7 Å². The maximum atomic E-state index is 14.4. The third-order valence-corrected chi connectivity index (χ3v) is 4.66. The van der Waals surface area contributed by atoms with Crippen molar-refractivity contribution in [2.45, 2.75) is 13.5 Å². The number of aromatic hydroxyl groups is 1. The largest absolute Gasteiger partial charge is 0.507 e. The van der Waals surface area contributed by atoms with Crippen molar-refractivity contribution < 1.29 is 14.3 Å². The molecule has 0 aliphatic carbocycles. The Morgan fingerprint density at radius 1 is 1.19 bits per heavy atom. The zero-order valence-electron chi connectivity index (χ0n) is 14.9. The summed E-state index contributed by atoms with van der Waals surface area (Å²) in [6, 6.07) is 12.5. The number of amides is 1. The second-order valence-electron chi connectivity index (χ2n) is 6.30. The molecule has 0 unspecified atom stereocenters. The fourth-order valence-corrected chi connectivity index (χ4v) is 2.94. The van der Waals surface area contributed by atoms with Crippen LogP contribution in [0.2, 0.25) is 5.02 Å². The topological polar surface area (TPSA) is 53.4 Å². The molecular weight excluding hydrogens is 367 g/mol. The summed E-state index contributed by atoms with van der Waals surface area (Å²) in [5.41, 5.74) is 2.09. The second kappa shape index (κ2) is 7.76. The van der Waals surface area contributed by atoms with Crippen LogP contribution in [0, 0.1) is 12.7 Å². The zero-order valence-corrected chi connectivity index (χ0v) is 15.7. The van der Waals surface area contributed by atoms with Gasteiger partial charge in [-0.15, -0.1) is 0 Å². The molecule has 138 valence electrons. The van der Waals surface area contributed by atoms with Crippen LogP contribution in [0.3, 0.4) is 0 Å².